The van der Waals surface area contributed by atoms with Gasteiger partial charge in [-0.2, -0.15) is 0 Å². The zero-order valence-electron chi connectivity index (χ0n) is 61.2. The van der Waals surface area contributed by atoms with Crippen molar-refractivity contribution in [2.75, 3.05) is 53.6 Å². The number of phosphoric acid groups is 3. The van der Waals surface area contributed by atoms with Gasteiger partial charge in [0.15, 0.2) is 0 Å². The molecule has 21 nitrogen and oxygen atoms in total. The van der Waals surface area contributed by atoms with Crippen molar-refractivity contribution in [1.29, 1.82) is 0 Å². The third kappa shape index (κ3) is 20.2. The molecule has 0 spiro atoms. The largest absolute Gasteiger partial charge is 0.475 e. The molecule has 4 aliphatic heterocycles. The maximum absolute atomic E-state index is 14.8. The van der Waals surface area contributed by atoms with Crippen LogP contribution in [0, 0.1) is 0 Å². The minimum Gasteiger partial charge on any atom is -0.457 e. The van der Waals surface area contributed by atoms with Crippen molar-refractivity contribution >= 4 is 87.2 Å². The summed E-state index contributed by atoms with van der Waals surface area (Å²) in [6, 6.07) is 8.72. The number of rotatable bonds is 28. The van der Waals surface area contributed by atoms with E-state index in [4.69, 9.17) is 78.6 Å². The third-order valence-electron chi connectivity index (χ3n) is 16.3. The van der Waals surface area contributed by atoms with Crippen LogP contribution in [0.25, 0.3) is 0 Å². The molecule has 0 radical (unpaired) electrons. The summed E-state index contributed by atoms with van der Waals surface area (Å²) in [5.41, 5.74) is 3.89. The van der Waals surface area contributed by atoms with E-state index in [0.717, 1.165) is 44.5 Å². The predicted octanol–water partition coefficient (Wildman–Crippen LogP) is 21.4. The second-order valence-electron chi connectivity index (χ2n) is 31.5. The summed E-state index contributed by atoms with van der Waals surface area (Å²) in [6.45, 7) is 31.4. The molecule has 4 aromatic rings. The van der Waals surface area contributed by atoms with Crippen molar-refractivity contribution in [1.82, 2.24) is 0 Å². The first kappa shape index (κ1) is 81.6. The average molecular weight is 1720 g/mol. The Labute approximate surface area is 625 Å². The summed E-state index contributed by atoms with van der Waals surface area (Å²) in [5, 5.41) is 12.0. The molecule has 0 amide bonds. The lowest BCUT2D eigenvalue weighted by atomic mass is 9.74. The number of phosphoric ester groups is 3. The van der Waals surface area contributed by atoms with Crippen LogP contribution in [0.3, 0.4) is 0 Å². The van der Waals surface area contributed by atoms with E-state index >= 15 is 0 Å². The van der Waals surface area contributed by atoms with Gasteiger partial charge in [-0.15, -0.1) is 0 Å². The average Bonchev–Trinajstić information content (AvgIpc) is 0.724. The summed E-state index contributed by atoms with van der Waals surface area (Å²) in [4.78, 5) is 0. The number of hydrogen-bond donors (Lipinski definition) is 1. The SMILES string of the molecule is CC(C)(C)OP(=O)(OCCCC1c2cc3c4c(CBr)c2OCOc2c1cc1c(c2CBr)OCOc2c(cc5c(c2CBr)OCOc2c(cc(c(c2CBr)OCO4)C3CCCO)C5CCCOP(=O)(OC(C)(C)C)OC(C)(C)C)C1CCCOP(=O)(OC(C)(C)C)OC(C)(C)C)OC(C)(C)C. The van der Waals surface area contributed by atoms with E-state index < -0.39 is 80.7 Å². The van der Waals surface area contributed by atoms with Crippen molar-refractivity contribution in [2.45, 2.75) is 255 Å². The molecule has 2 atom stereocenters. The molecule has 8 bridgehead atoms. The highest BCUT2D eigenvalue weighted by Crippen LogP contribution is 2.62. The van der Waals surface area contributed by atoms with Gasteiger partial charge in [-0.25, -0.2) is 13.7 Å². The van der Waals surface area contributed by atoms with Crippen LogP contribution >= 0.6 is 87.2 Å². The van der Waals surface area contributed by atoms with Crippen molar-refractivity contribution in [2.24, 2.45) is 0 Å². The molecule has 2 unspecified atom stereocenters. The van der Waals surface area contributed by atoms with Crippen LogP contribution < -0.4 is 37.9 Å². The number of ether oxygens (including phenoxy) is 8. The maximum Gasteiger partial charge on any atom is 0.475 e. The number of alkyl halides is 4. The fraction of sp³-hybridized carbons (Fsp3) is 0.667. The van der Waals surface area contributed by atoms with Crippen molar-refractivity contribution in [3.63, 3.8) is 0 Å². The van der Waals surface area contributed by atoms with E-state index in [1.807, 2.05) is 0 Å². The summed E-state index contributed by atoms with van der Waals surface area (Å²) in [7, 11) is -12.6. The second kappa shape index (κ2) is 32.5. The van der Waals surface area contributed by atoms with E-state index in [2.05, 4.69) is 88.0 Å². The summed E-state index contributed by atoms with van der Waals surface area (Å²) in [6.07, 6.45) is 2.92. The Kier molecular flexibility index (Phi) is 26.5. The molecule has 28 heteroatoms. The lowest BCUT2D eigenvalue weighted by Gasteiger charge is -2.37. The molecule has 9 rings (SSSR count). The minimum atomic E-state index is -4.20. The minimum absolute atomic E-state index is 0.0308. The zero-order valence-corrected chi connectivity index (χ0v) is 70.3. The molecule has 560 valence electrons. The molecular weight excluding hydrogens is 1610 g/mol. The lowest BCUT2D eigenvalue weighted by Crippen LogP contribution is -2.26. The highest BCUT2D eigenvalue weighted by molar-refractivity contribution is 9.09. The molecule has 1 N–H and O–H groups in total. The lowest BCUT2D eigenvalue weighted by molar-refractivity contribution is 0.00115. The Hall–Kier alpha value is -2.51. The normalized spacial score (nSPS) is 18.6. The topological polar surface area (TPSA) is 228 Å². The maximum atomic E-state index is 14.8. The fourth-order valence-corrected chi connectivity index (χ4v) is 20.9. The second-order valence-corrected chi connectivity index (χ2v) is 38.3. The summed E-state index contributed by atoms with van der Waals surface area (Å²) >= 11 is 15.7. The van der Waals surface area contributed by atoms with Crippen molar-refractivity contribution < 1.29 is 97.4 Å². The monoisotopic (exact) mass is 1710 g/mol. The van der Waals surface area contributed by atoms with Crippen LogP contribution in [-0.4, -0.2) is 92.3 Å². The first-order valence-corrected chi connectivity index (χ1v) is 43.1. The first-order chi connectivity index (χ1) is 46.6. The number of halogens is 4. The number of aliphatic hydroxyl groups excluding tert-OH is 1. The van der Waals surface area contributed by atoms with E-state index in [1.165, 1.54) is 0 Å². The number of hydrogen-bond acceptors (Lipinski definition) is 21. The highest BCUT2D eigenvalue weighted by atomic mass is 79.9. The van der Waals surface area contributed by atoms with Gasteiger partial charge in [0, 0.05) is 118 Å². The molecular formula is C72H103Br4O21P3. The molecule has 4 heterocycles. The zero-order chi connectivity index (χ0) is 73.3. The predicted molar refractivity (Wildman–Crippen MR) is 398 cm³/mol. The van der Waals surface area contributed by atoms with E-state index in [9.17, 15) is 18.8 Å². The van der Waals surface area contributed by atoms with Crippen molar-refractivity contribution in [3.8, 4) is 46.0 Å². The van der Waals surface area contributed by atoms with Gasteiger partial charge in [0.1, 0.15) is 46.0 Å². The number of benzene rings is 4. The molecule has 100 heavy (non-hydrogen) atoms. The molecule has 0 fully saturated rings. The van der Waals surface area contributed by atoms with Crippen LogP contribution in [0.4, 0.5) is 0 Å². The molecule has 5 aliphatic rings. The Bertz CT molecular complexity index is 3450. The first-order valence-electron chi connectivity index (χ1n) is 34.3. The van der Waals surface area contributed by atoms with Crippen LogP contribution in [0.15, 0.2) is 24.3 Å². The molecule has 4 aromatic carbocycles. The third-order valence-corrected chi connectivity index (χ3v) is 24.7. The van der Waals surface area contributed by atoms with Crippen LogP contribution in [0.2, 0.25) is 0 Å². The summed E-state index contributed by atoms with van der Waals surface area (Å²) in [5.74, 6) is 1.99. The Morgan fingerprint density at radius 3 is 0.650 bits per heavy atom. The van der Waals surface area contributed by atoms with Gasteiger partial charge >= 0.3 is 23.5 Å². The molecule has 0 saturated heterocycles. The van der Waals surface area contributed by atoms with Crippen molar-refractivity contribution in [3.05, 3.63) is 91.0 Å². The smallest absolute Gasteiger partial charge is 0.457 e. The molecule has 0 saturated carbocycles. The quantitative estimate of drug-likeness (QED) is 0.0317. The standard InChI is InChI=1S/C72H103Br4O21P3/c1-67(2,3)92-98(78,93-68(4,5)6)89-28-20-24-44-49-31-47-43(23-19-27-77)48-32-50-45(25-21-29-90-99(79,94-69(7,8)9)95-70(10,11)12)52-34-54-46(26-22-30-91-100(80,96-71(13,14)15)97-72(16,17)18)53-33-51(44)63-57(37-75)65(53)87-42-88-66(54)58(38-76)64(52)86-41-84-62(50)56(36-74)60(48)82-39-81-59(47)55(35-73)61(49)83-40-85-63/h31-34,43-46,77H,19-30,35-42H2,1-18H3. The van der Waals surface area contributed by atoms with E-state index in [0.29, 0.717) is 120 Å². The van der Waals surface area contributed by atoms with Gasteiger partial charge in [0.05, 0.1) is 53.4 Å². The van der Waals surface area contributed by atoms with Gasteiger partial charge < -0.3 is 43.0 Å². The highest BCUT2D eigenvalue weighted by Gasteiger charge is 2.45. The van der Waals surface area contributed by atoms with E-state index in [-0.39, 0.29) is 74.9 Å². The van der Waals surface area contributed by atoms with Crippen LogP contribution in [0.1, 0.15) is 266 Å². The van der Waals surface area contributed by atoms with Crippen LogP contribution in [-0.2, 0) is 75.7 Å². The Morgan fingerprint density at radius 1 is 0.330 bits per heavy atom. The van der Waals surface area contributed by atoms with Gasteiger partial charge in [-0.1, -0.05) is 63.7 Å². The fourth-order valence-electron chi connectivity index (χ4n) is 13.3. The molecule has 0 aromatic heterocycles. The van der Waals surface area contributed by atoms with Crippen LogP contribution in [0.5, 0.6) is 46.0 Å². The van der Waals surface area contributed by atoms with Gasteiger partial charge in [0.2, 0.25) is 27.2 Å². The van der Waals surface area contributed by atoms with Gasteiger partial charge in [-0.05, 0) is 200 Å². The number of aliphatic hydroxyl groups is 1. The van der Waals surface area contributed by atoms with Gasteiger partial charge in [-0.3, -0.25) is 40.7 Å². The van der Waals surface area contributed by atoms with E-state index in [1.54, 1.807) is 125 Å². The van der Waals surface area contributed by atoms with Gasteiger partial charge in [0.25, 0.3) is 0 Å². The molecule has 1 aliphatic carbocycles. The Balaban J connectivity index is 1.37. The summed E-state index contributed by atoms with van der Waals surface area (Å²) < 4.78 is 156. The Morgan fingerprint density at radius 2 is 0.500 bits per heavy atom.